The summed E-state index contributed by atoms with van der Waals surface area (Å²) >= 11 is 0. The van der Waals surface area contributed by atoms with Crippen LogP contribution in [0.25, 0.3) is 22.2 Å². The molecule has 2 fully saturated rings. The number of likely N-dealkylation sites (N-methyl/N-ethyl adjacent to an activating group) is 1. The van der Waals surface area contributed by atoms with Crippen molar-refractivity contribution in [3.8, 4) is 11.3 Å². The maximum absolute atomic E-state index is 13.1. The number of fused-ring (bicyclic) bond motifs is 3. The Morgan fingerprint density at radius 3 is 2.51 bits per heavy atom. The van der Waals surface area contributed by atoms with Gasteiger partial charge in [0.2, 0.25) is 5.91 Å². The molecule has 6 nitrogen and oxygen atoms in total. The second-order valence-corrected chi connectivity index (χ2v) is 10.6. The number of hydrogen-bond donors (Lipinski definition) is 2. The number of amides is 1. The van der Waals surface area contributed by atoms with Gasteiger partial charge in [-0.15, -0.1) is 0 Å². The number of carbonyl (C=O) groups excluding carboxylic acids is 1. The first kappa shape index (κ1) is 20.7. The van der Waals surface area contributed by atoms with Gasteiger partial charge >= 0.3 is 0 Å². The number of nitrogens with one attached hydrogen (secondary N) is 2. The number of anilines is 2. The zero-order valence-electron chi connectivity index (χ0n) is 20.1. The minimum absolute atomic E-state index is 0.118. The van der Waals surface area contributed by atoms with E-state index in [0.717, 1.165) is 66.0 Å². The van der Waals surface area contributed by atoms with Crippen LogP contribution >= 0.6 is 0 Å². The fourth-order valence-electron chi connectivity index (χ4n) is 6.35. The van der Waals surface area contributed by atoms with Crippen molar-refractivity contribution in [1.82, 2.24) is 15.1 Å². The van der Waals surface area contributed by atoms with E-state index >= 15 is 0 Å². The van der Waals surface area contributed by atoms with E-state index in [2.05, 4.69) is 87.8 Å². The number of nitrogens with zero attached hydrogens (tertiary/aromatic N) is 3. The first-order valence-corrected chi connectivity index (χ1v) is 12.4. The Balaban J connectivity index is 1.19. The Hall–Kier alpha value is -3.64. The molecule has 1 aliphatic carbocycles. The van der Waals surface area contributed by atoms with Crippen molar-refractivity contribution in [1.29, 1.82) is 0 Å². The fourth-order valence-corrected chi connectivity index (χ4v) is 6.35. The standard InChI is InChI=1S/C29H29N5O/c1-28(18-29(28)23-5-3-4-6-24(23)30-27(29)35)20-9-12-22-25(17-20)31-32-26(22)19-7-10-21(11-8-19)34-15-13-33(2)14-16-34/h3-12,17H,13-16,18H2,1-2H3,(H,30,35)(H,31,32). The average molecular weight is 464 g/mol. The number of piperazine rings is 1. The molecule has 176 valence electrons. The average Bonchev–Trinajstić information content (AvgIpc) is 3.17. The third-order valence-corrected chi connectivity index (χ3v) is 8.67. The second kappa shape index (κ2) is 7.18. The number of benzene rings is 3. The second-order valence-electron chi connectivity index (χ2n) is 10.6. The van der Waals surface area contributed by atoms with Crippen molar-refractivity contribution in [3.05, 3.63) is 77.9 Å². The van der Waals surface area contributed by atoms with Gasteiger partial charge in [0, 0.05) is 53.9 Å². The Bertz CT molecular complexity index is 1470. The van der Waals surface area contributed by atoms with Crippen molar-refractivity contribution in [3.63, 3.8) is 0 Å². The number of aromatic amines is 1. The van der Waals surface area contributed by atoms with Gasteiger partial charge in [0.1, 0.15) is 0 Å². The van der Waals surface area contributed by atoms with E-state index in [4.69, 9.17) is 0 Å². The van der Waals surface area contributed by atoms with Crippen molar-refractivity contribution < 1.29 is 4.79 Å². The molecule has 1 saturated heterocycles. The zero-order valence-corrected chi connectivity index (χ0v) is 20.1. The normalized spacial score (nSPS) is 25.8. The lowest BCUT2D eigenvalue weighted by Gasteiger charge is -2.34. The van der Waals surface area contributed by atoms with E-state index in [-0.39, 0.29) is 11.3 Å². The fraction of sp³-hybridized carbons (Fsp3) is 0.310. The maximum Gasteiger partial charge on any atom is 0.236 e. The Morgan fingerprint density at radius 2 is 1.71 bits per heavy atom. The lowest BCUT2D eigenvalue weighted by atomic mass is 9.83. The van der Waals surface area contributed by atoms with Crippen LogP contribution in [0.2, 0.25) is 0 Å². The molecule has 3 aliphatic rings. The van der Waals surface area contributed by atoms with Crippen LogP contribution in [0.4, 0.5) is 11.4 Å². The van der Waals surface area contributed by atoms with Crippen molar-refractivity contribution in [2.75, 3.05) is 43.4 Å². The molecule has 1 aromatic heterocycles. The molecule has 35 heavy (non-hydrogen) atoms. The van der Waals surface area contributed by atoms with Gasteiger partial charge in [-0.25, -0.2) is 0 Å². The summed E-state index contributed by atoms with van der Waals surface area (Å²) in [7, 11) is 2.18. The summed E-state index contributed by atoms with van der Waals surface area (Å²) in [6, 6.07) is 23.4. The maximum atomic E-state index is 13.1. The largest absolute Gasteiger partial charge is 0.369 e. The summed E-state index contributed by atoms with van der Waals surface area (Å²) in [4.78, 5) is 17.9. The third-order valence-electron chi connectivity index (χ3n) is 8.67. The molecule has 0 bridgehead atoms. The topological polar surface area (TPSA) is 64.3 Å². The van der Waals surface area contributed by atoms with Crippen LogP contribution in [-0.2, 0) is 15.6 Å². The molecule has 3 aromatic carbocycles. The predicted molar refractivity (Wildman–Crippen MR) is 140 cm³/mol. The predicted octanol–water partition coefficient (Wildman–Crippen LogP) is 4.53. The summed E-state index contributed by atoms with van der Waals surface area (Å²) < 4.78 is 0. The lowest BCUT2D eigenvalue weighted by Crippen LogP contribution is -2.44. The number of rotatable bonds is 3. The highest BCUT2D eigenvalue weighted by atomic mass is 16.2. The molecule has 1 saturated carbocycles. The molecule has 2 N–H and O–H groups in total. The quantitative estimate of drug-likeness (QED) is 0.469. The number of H-pyrrole nitrogens is 1. The molecule has 2 atom stereocenters. The van der Waals surface area contributed by atoms with E-state index in [9.17, 15) is 4.79 Å². The summed E-state index contributed by atoms with van der Waals surface area (Å²) in [6.07, 6.45) is 0.823. The molecule has 3 heterocycles. The smallest absolute Gasteiger partial charge is 0.236 e. The first-order valence-electron chi connectivity index (χ1n) is 12.4. The molecule has 2 aliphatic heterocycles. The van der Waals surface area contributed by atoms with Crippen LogP contribution in [0.15, 0.2) is 66.7 Å². The van der Waals surface area contributed by atoms with Gasteiger partial charge in [0.05, 0.1) is 16.6 Å². The van der Waals surface area contributed by atoms with Gasteiger partial charge in [-0.2, -0.15) is 5.10 Å². The third kappa shape index (κ3) is 2.86. The molecular formula is C29H29N5O. The molecule has 2 unspecified atom stereocenters. The molecular weight excluding hydrogens is 434 g/mol. The summed E-state index contributed by atoms with van der Waals surface area (Å²) in [5, 5.41) is 12.1. The van der Waals surface area contributed by atoms with Crippen LogP contribution in [0, 0.1) is 0 Å². The van der Waals surface area contributed by atoms with Gasteiger partial charge < -0.3 is 15.1 Å². The van der Waals surface area contributed by atoms with Crippen molar-refractivity contribution in [2.45, 2.75) is 24.2 Å². The SMILES string of the molecule is CN1CCN(c2ccc(-c3n[nH]c4cc(C5(C)CC56C(=O)Nc5ccccc56)ccc34)cc2)CC1. The van der Waals surface area contributed by atoms with E-state index in [1.54, 1.807) is 0 Å². The summed E-state index contributed by atoms with van der Waals surface area (Å²) in [5.74, 6) is 0.118. The number of carbonyl (C=O) groups is 1. The summed E-state index contributed by atoms with van der Waals surface area (Å²) in [6.45, 7) is 6.53. The van der Waals surface area contributed by atoms with Crippen LogP contribution in [0.5, 0.6) is 0 Å². The highest BCUT2D eigenvalue weighted by Crippen LogP contribution is 2.69. The van der Waals surface area contributed by atoms with E-state index < -0.39 is 5.41 Å². The van der Waals surface area contributed by atoms with Gasteiger partial charge in [-0.05, 0) is 48.9 Å². The molecule has 0 radical (unpaired) electrons. The molecule has 1 spiro atoms. The van der Waals surface area contributed by atoms with Crippen LogP contribution in [0.3, 0.4) is 0 Å². The van der Waals surface area contributed by atoms with Crippen LogP contribution in [-0.4, -0.2) is 54.2 Å². The minimum atomic E-state index is -0.473. The van der Waals surface area contributed by atoms with Gasteiger partial charge in [-0.3, -0.25) is 9.89 Å². The van der Waals surface area contributed by atoms with E-state index in [0.29, 0.717) is 0 Å². The number of para-hydroxylation sites is 1. The van der Waals surface area contributed by atoms with E-state index in [1.165, 1.54) is 11.3 Å². The molecule has 6 heteroatoms. The zero-order chi connectivity index (χ0) is 23.8. The molecule has 4 aromatic rings. The molecule has 7 rings (SSSR count). The number of hydrogen-bond acceptors (Lipinski definition) is 4. The minimum Gasteiger partial charge on any atom is -0.369 e. The highest BCUT2D eigenvalue weighted by Gasteiger charge is 2.73. The van der Waals surface area contributed by atoms with E-state index in [1.807, 2.05) is 18.2 Å². The van der Waals surface area contributed by atoms with Gasteiger partial charge in [0.25, 0.3) is 0 Å². The monoisotopic (exact) mass is 463 g/mol. The molecule has 1 amide bonds. The number of aromatic nitrogens is 2. The van der Waals surface area contributed by atoms with Gasteiger partial charge in [0.15, 0.2) is 0 Å². The first-order chi connectivity index (χ1) is 17.0. The lowest BCUT2D eigenvalue weighted by molar-refractivity contribution is -0.118. The van der Waals surface area contributed by atoms with Crippen molar-refractivity contribution in [2.24, 2.45) is 0 Å². The Kier molecular flexibility index (Phi) is 4.25. The Labute approximate surface area is 204 Å². The highest BCUT2D eigenvalue weighted by molar-refractivity contribution is 6.10. The summed E-state index contributed by atoms with van der Waals surface area (Å²) in [5.41, 5.74) is 6.91. The Morgan fingerprint density at radius 1 is 0.943 bits per heavy atom. The van der Waals surface area contributed by atoms with Crippen molar-refractivity contribution >= 4 is 28.2 Å². The van der Waals surface area contributed by atoms with Crippen LogP contribution < -0.4 is 10.2 Å². The van der Waals surface area contributed by atoms with Gasteiger partial charge in [-0.1, -0.05) is 49.4 Å². The van der Waals surface area contributed by atoms with Crippen LogP contribution in [0.1, 0.15) is 24.5 Å².